The molecule has 1 heterocycles. The second kappa shape index (κ2) is 2.24. The van der Waals surface area contributed by atoms with Gasteiger partial charge in [0.15, 0.2) is 0 Å². The summed E-state index contributed by atoms with van der Waals surface area (Å²) in [5.74, 6) is -0.208. The minimum absolute atomic E-state index is 0.206. The van der Waals surface area contributed by atoms with Crippen LogP contribution >= 0.6 is 0 Å². The van der Waals surface area contributed by atoms with Gasteiger partial charge in [0.2, 0.25) is 0 Å². The molecule has 0 spiro atoms. The van der Waals surface area contributed by atoms with Crippen molar-refractivity contribution in [3.8, 4) is 0 Å². The Morgan fingerprint density at radius 2 is 2.56 bits per heavy atom. The van der Waals surface area contributed by atoms with Crippen LogP contribution in [-0.4, -0.2) is 21.5 Å². The second-order valence-corrected chi connectivity index (χ2v) is 1.59. The van der Waals surface area contributed by atoms with Crippen LogP contribution in [-0.2, 0) is 0 Å². The Labute approximate surface area is 51.8 Å². The van der Waals surface area contributed by atoms with E-state index in [1.807, 2.05) is 0 Å². The van der Waals surface area contributed by atoms with Crippen molar-refractivity contribution in [1.82, 2.24) is 0 Å². The van der Waals surface area contributed by atoms with E-state index in [0.29, 0.717) is 6.42 Å². The van der Waals surface area contributed by atoms with Crippen LogP contribution in [0.5, 0.6) is 0 Å². The first-order valence-electron chi connectivity index (χ1n) is 2.47. The van der Waals surface area contributed by atoms with Gasteiger partial charge in [-0.05, 0) is 0 Å². The summed E-state index contributed by atoms with van der Waals surface area (Å²) >= 11 is 0. The van der Waals surface area contributed by atoms with E-state index >= 15 is 0 Å². The predicted molar refractivity (Wildman–Crippen MR) is 32.4 cm³/mol. The van der Waals surface area contributed by atoms with Gasteiger partial charge in [0.25, 0.3) is 5.90 Å². The molecule has 1 aliphatic rings. The van der Waals surface area contributed by atoms with Crippen LogP contribution in [0.4, 0.5) is 0 Å². The summed E-state index contributed by atoms with van der Waals surface area (Å²) in [4.78, 5) is 6.30. The van der Waals surface area contributed by atoms with Crippen molar-refractivity contribution in [1.29, 1.82) is 0 Å². The summed E-state index contributed by atoms with van der Waals surface area (Å²) in [5, 5.41) is 8.78. The van der Waals surface area contributed by atoms with E-state index in [-0.39, 0.29) is 11.6 Å². The molecule has 46 valence electrons. The number of allylic oxidation sites excluding steroid dienone is 1. The molecular weight excluding hydrogens is 118 g/mol. The van der Waals surface area contributed by atoms with E-state index in [9.17, 15) is 0 Å². The zero-order valence-corrected chi connectivity index (χ0v) is 4.65. The van der Waals surface area contributed by atoms with Crippen molar-refractivity contribution in [2.24, 2.45) is 4.99 Å². The van der Waals surface area contributed by atoms with E-state index in [2.05, 4.69) is 9.78 Å². The van der Waals surface area contributed by atoms with E-state index in [1.54, 1.807) is 6.08 Å². The molecule has 0 fully saturated rings. The van der Waals surface area contributed by atoms with Crippen LogP contribution in [0.15, 0.2) is 17.3 Å². The van der Waals surface area contributed by atoms with Gasteiger partial charge >= 0.3 is 5.71 Å². The maximum Gasteiger partial charge on any atom is 0.356 e. The minimum atomic E-state index is -0.208. The Hall–Kier alpha value is -1.41. The van der Waals surface area contributed by atoms with Crippen LogP contribution < -0.4 is 0 Å². The number of aliphatic imine (C=N–C) groups is 1. The lowest BCUT2D eigenvalue weighted by molar-refractivity contribution is -0.00505. The number of hydrogen-bond donors (Lipinski definition) is 1. The molecule has 4 heteroatoms. The average molecular weight is 123 g/mol. The first kappa shape index (κ1) is 5.72. The fraction of sp³-hybridized carbons (Fsp3) is 0.200. The molecule has 0 aromatic carbocycles. The highest BCUT2D eigenvalue weighted by molar-refractivity contribution is 6.36. The van der Waals surface area contributed by atoms with Gasteiger partial charge in [-0.2, -0.15) is 4.79 Å². The number of rotatable bonds is 0. The summed E-state index contributed by atoms with van der Waals surface area (Å²) < 4.78 is 0. The van der Waals surface area contributed by atoms with Crippen molar-refractivity contribution in [2.75, 3.05) is 0 Å². The van der Waals surface area contributed by atoms with E-state index in [0.717, 1.165) is 0 Å². The Kier molecular flexibility index (Phi) is 1.42. The summed E-state index contributed by atoms with van der Waals surface area (Å²) in [6.45, 7) is 0. The number of aliphatic hydroxyl groups is 1. The molecule has 0 radical (unpaired) electrons. The van der Waals surface area contributed by atoms with Gasteiger partial charge in [0, 0.05) is 6.20 Å². The minimum Gasteiger partial charge on any atom is -0.488 e. The summed E-state index contributed by atoms with van der Waals surface area (Å²) in [5.41, 5.74) is 8.38. The van der Waals surface area contributed by atoms with Gasteiger partial charge in [-0.15, -0.1) is 0 Å². The molecule has 1 aliphatic heterocycles. The van der Waals surface area contributed by atoms with Crippen LogP contribution in [0.3, 0.4) is 0 Å². The molecule has 0 aromatic rings. The molecule has 0 saturated heterocycles. The van der Waals surface area contributed by atoms with Gasteiger partial charge in [0.1, 0.15) is 0 Å². The van der Waals surface area contributed by atoms with Crippen molar-refractivity contribution >= 4 is 11.6 Å². The summed E-state index contributed by atoms with van der Waals surface area (Å²) in [6.07, 6.45) is 3.59. The monoisotopic (exact) mass is 123 g/mol. The zero-order chi connectivity index (χ0) is 6.69. The lowest BCUT2D eigenvalue weighted by Crippen LogP contribution is -2.15. The highest BCUT2D eigenvalue weighted by atomic mass is 16.3. The van der Waals surface area contributed by atoms with Crippen molar-refractivity contribution in [3.63, 3.8) is 0 Å². The molecule has 0 amide bonds. The molecule has 0 atom stereocenters. The molecule has 1 N–H and O–H groups in total. The van der Waals surface area contributed by atoms with Crippen molar-refractivity contribution in [3.05, 3.63) is 17.8 Å². The summed E-state index contributed by atoms with van der Waals surface area (Å²) in [7, 11) is 0. The van der Waals surface area contributed by atoms with Crippen molar-refractivity contribution < 1.29 is 9.90 Å². The number of nitrogens with zero attached hydrogens (tertiary/aromatic N) is 3. The SMILES string of the molecule is [N-]=[N+]=C1CC=CN=C1O. The molecule has 0 unspecified atom stereocenters. The summed E-state index contributed by atoms with van der Waals surface area (Å²) in [6, 6.07) is 0. The highest BCUT2D eigenvalue weighted by Gasteiger charge is 2.15. The van der Waals surface area contributed by atoms with Gasteiger partial charge in [-0.3, -0.25) is 0 Å². The molecule has 4 nitrogen and oxygen atoms in total. The molecule has 0 aliphatic carbocycles. The van der Waals surface area contributed by atoms with Gasteiger partial charge in [-0.25, -0.2) is 4.99 Å². The zero-order valence-electron chi connectivity index (χ0n) is 4.65. The molecule has 9 heavy (non-hydrogen) atoms. The fourth-order valence-corrected chi connectivity index (χ4v) is 0.539. The predicted octanol–water partition coefficient (Wildman–Crippen LogP) is 0.531. The standard InChI is InChI=1S/C5H5N3O/c6-8-4-2-1-3-7-5(4)9/h1,3H,2H2,(H,7,9). The van der Waals surface area contributed by atoms with Gasteiger partial charge < -0.3 is 10.6 Å². The van der Waals surface area contributed by atoms with Crippen LogP contribution in [0, 0.1) is 0 Å². The Balaban J connectivity index is 2.96. The molecule has 0 saturated carbocycles. The van der Waals surface area contributed by atoms with E-state index in [4.69, 9.17) is 10.6 Å². The van der Waals surface area contributed by atoms with E-state index < -0.39 is 0 Å². The molecule has 0 bridgehead atoms. The first-order chi connectivity index (χ1) is 4.34. The quantitative estimate of drug-likeness (QED) is 0.370. The molecule has 0 aromatic heterocycles. The highest BCUT2D eigenvalue weighted by Crippen LogP contribution is 1.95. The van der Waals surface area contributed by atoms with Gasteiger partial charge in [-0.1, -0.05) is 6.08 Å². The van der Waals surface area contributed by atoms with Crippen LogP contribution in [0.1, 0.15) is 6.42 Å². The lowest BCUT2D eigenvalue weighted by Gasteiger charge is -1.92. The molecule has 1 rings (SSSR count). The Bertz CT molecular complexity index is 222. The van der Waals surface area contributed by atoms with Crippen LogP contribution in [0.2, 0.25) is 0 Å². The second-order valence-electron chi connectivity index (χ2n) is 1.59. The Morgan fingerprint density at radius 1 is 1.78 bits per heavy atom. The smallest absolute Gasteiger partial charge is 0.356 e. The lowest BCUT2D eigenvalue weighted by atomic mass is 10.2. The third kappa shape index (κ3) is 1.03. The van der Waals surface area contributed by atoms with Crippen molar-refractivity contribution in [2.45, 2.75) is 6.42 Å². The Morgan fingerprint density at radius 3 is 3.00 bits per heavy atom. The number of aliphatic hydroxyl groups excluding tert-OH is 1. The first-order valence-corrected chi connectivity index (χ1v) is 2.47. The van der Waals surface area contributed by atoms with Gasteiger partial charge in [0.05, 0.1) is 6.42 Å². The topological polar surface area (TPSA) is 69.0 Å². The van der Waals surface area contributed by atoms with E-state index in [1.165, 1.54) is 6.20 Å². The maximum absolute atomic E-state index is 8.78. The fourth-order valence-electron chi connectivity index (χ4n) is 0.539. The normalized spacial score (nSPS) is 16.9. The average Bonchev–Trinajstić information content (AvgIpc) is 1.89. The maximum atomic E-state index is 8.78. The molecular formula is C5H5N3O. The number of hydrogen-bond acceptors (Lipinski definition) is 1. The third-order valence-corrected chi connectivity index (χ3v) is 0.992. The van der Waals surface area contributed by atoms with Crippen LogP contribution in [0.25, 0.3) is 5.53 Å². The largest absolute Gasteiger partial charge is 0.488 e. The third-order valence-electron chi connectivity index (χ3n) is 0.992.